The van der Waals surface area contributed by atoms with Gasteiger partial charge in [0.15, 0.2) is 0 Å². The Bertz CT molecular complexity index is 928. The lowest BCUT2D eigenvalue weighted by Crippen LogP contribution is -2.45. The fraction of sp³-hybridized carbons (Fsp3) is 0.391. The Morgan fingerprint density at radius 3 is 2.45 bits per heavy atom. The van der Waals surface area contributed by atoms with Crippen molar-refractivity contribution in [2.45, 2.75) is 38.5 Å². The summed E-state index contributed by atoms with van der Waals surface area (Å²) in [5.74, 6) is 0.866. The third kappa shape index (κ3) is 4.33. The summed E-state index contributed by atoms with van der Waals surface area (Å²) >= 11 is 0. The van der Waals surface area contributed by atoms with Crippen LogP contribution in [-0.2, 0) is 18.2 Å². The van der Waals surface area contributed by atoms with Gasteiger partial charge in [-0.3, -0.25) is 4.98 Å². The Kier molecular flexibility index (Phi) is 5.65. The van der Waals surface area contributed by atoms with Crippen LogP contribution in [0.1, 0.15) is 31.4 Å². The molecular weight excluding hydrogens is 362 g/mol. The van der Waals surface area contributed by atoms with Crippen LogP contribution in [0.2, 0.25) is 0 Å². The van der Waals surface area contributed by atoms with E-state index in [1.807, 2.05) is 31.4 Å². The first-order valence-electron chi connectivity index (χ1n) is 10.2. The van der Waals surface area contributed by atoms with E-state index in [4.69, 9.17) is 10.5 Å². The Morgan fingerprint density at radius 2 is 1.79 bits per heavy atom. The number of ether oxygens (including phenoxy) is 1. The number of hydrogen-bond acceptors (Lipinski definition) is 5. The number of anilines is 1. The minimum Gasteiger partial charge on any atom is -0.372 e. The molecule has 0 radical (unpaired) electrons. The largest absolute Gasteiger partial charge is 0.372 e. The number of nitrogens with zero attached hydrogens (tertiary/aromatic N) is 4. The number of benzene rings is 1. The van der Waals surface area contributed by atoms with Crippen molar-refractivity contribution >= 4 is 5.69 Å². The van der Waals surface area contributed by atoms with Crippen molar-refractivity contribution in [3.63, 3.8) is 0 Å². The number of aromatic nitrogens is 3. The van der Waals surface area contributed by atoms with E-state index in [9.17, 15) is 0 Å². The SMILES string of the molecule is C[C@@H]1CN(c2ccc(-c3cnc([C@@H](N)Cc4ccccn4)n3C)cc2)C[C@H](C)O1. The molecule has 1 fully saturated rings. The number of rotatable bonds is 5. The molecule has 0 bridgehead atoms. The molecular formula is C23H29N5O. The van der Waals surface area contributed by atoms with Crippen LogP contribution in [0.15, 0.2) is 54.9 Å². The van der Waals surface area contributed by atoms with Crippen LogP contribution in [0, 0.1) is 0 Å². The van der Waals surface area contributed by atoms with E-state index in [1.165, 1.54) is 5.69 Å². The van der Waals surface area contributed by atoms with Gasteiger partial charge in [0, 0.05) is 44.1 Å². The standard InChI is InChI=1S/C23H29N5O/c1-16-14-28(15-17(2)29-16)20-9-7-18(8-10-20)22-13-26-23(27(22)3)21(24)12-19-6-4-5-11-25-19/h4-11,13,16-17,21H,12,14-15,24H2,1-3H3/t16-,17+,21-/m0/s1. The highest BCUT2D eigenvalue weighted by molar-refractivity contribution is 5.63. The van der Waals surface area contributed by atoms with Gasteiger partial charge in [-0.25, -0.2) is 4.98 Å². The topological polar surface area (TPSA) is 69.2 Å². The highest BCUT2D eigenvalue weighted by Crippen LogP contribution is 2.27. The Labute approximate surface area is 172 Å². The monoisotopic (exact) mass is 391 g/mol. The third-order valence-electron chi connectivity index (χ3n) is 5.46. The fourth-order valence-corrected chi connectivity index (χ4v) is 4.10. The molecule has 6 heteroatoms. The van der Waals surface area contributed by atoms with Crippen LogP contribution in [-0.4, -0.2) is 39.8 Å². The van der Waals surface area contributed by atoms with Crippen molar-refractivity contribution in [2.24, 2.45) is 12.8 Å². The normalized spacial score (nSPS) is 20.6. The molecule has 3 aromatic rings. The number of hydrogen-bond donors (Lipinski definition) is 1. The fourth-order valence-electron chi connectivity index (χ4n) is 4.10. The second-order valence-electron chi connectivity index (χ2n) is 7.90. The van der Waals surface area contributed by atoms with E-state index < -0.39 is 0 Å². The lowest BCUT2D eigenvalue weighted by molar-refractivity contribution is -0.00521. The Hall–Kier alpha value is -2.70. The number of nitrogens with two attached hydrogens (primary N) is 1. The second kappa shape index (κ2) is 8.35. The van der Waals surface area contributed by atoms with Gasteiger partial charge < -0.3 is 19.9 Å². The molecule has 3 heterocycles. The highest BCUT2D eigenvalue weighted by Gasteiger charge is 2.22. The predicted octanol–water partition coefficient (Wildman–Crippen LogP) is 3.34. The molecule has 1 saturated heterocycles. The maximum atomic E-state index is 6.43. The number of imidazole rings is 1. The molecule has 2 aromatic heterocycles. The molecule has 0 unspecified atom stereocenters. The highest BCUT2D eigenvalue weighted by atomic mass is 16.5. The first-order chi connectivity index (χ1) is 14.0. The quantitative estimate of drug-likeness (QED) is 0.722. The summed E-state index contributed by atoms with van der Waals surface area (Å²) in [6, 6.07) is 14.4. The number of morpholine rings is 1. The van der Waals surface area contributed by atoms with Crippen LogP contribution in [0.25, 0.3) is 11.3 Å². The van der Waals surface area contributed by atoms with Gasteiger partial charge in [0.1, 0.15) is 5.82 Å². The van der Waals surface area contributed by atoms with Gasteiger partial charge in [-0.15, -0.1) is 0 Å². The summed E-state index contributed by atoms with van der Waals surface area (Å²) < 4.78 is 7.93. The molecule has 4 rings (SSSR count). The van der Waals surface area contributed by atoms with Gasteiger partial charge in [0.2, 0.25) is 0 Å². The average Bonchev–Trinajstić information content (AvgIpc) is 3.09. The zero-order valence-electron chi connectivity index (χ0n) is 17.3. The van der Waals surface area contributed by atoms with Crippen molar-refractivity contribution in [3.8, 4) is 11.3 Å². The molecule has 3 atom stereocenters. The van der Waals surface area contributed by atoms with E-state index in [0.29, 0.717) is 6.42 Å². The van der Waals surface area contributed by atoms with Crippen molar-refractivity contribution in [1.82, 2.24) is 14.5 Å². The molecule has 6 nitrogen and oxygen atoms in total. The summed E-state index contributed by atoms with van der Waals surface area (Å²) in [6.45, 7) is 6.09. The molecule has 1 aromatic carbocycles. The van der Waals surface area contributed by atoms with Crippen LogP contribution >= 0.6 is 0 Å². The number of pyridine rings is 1. The van der Waals surface area contributed by atoms with E-state index in [0.717, 1.165) is 35.9 Å². The third-order valence-corrected chi connectivity index (χ3v) is 5.46. The van der Waals surface area contributed by atoms with Gasteiger partial charge in [-0.2, -0.15) is 0 Å². The smallest absolute Gasteiger partial charge is 0.126 e. The summed E-state index contributed by atoms with van der Waals surface area (Å²) in [6.07, 6.45) is 4.86. The van der Waals surface area contributed by atoms with Gasteiger partial charge in [0.25, 0.3) is 0 Å². The first-order valence-corrected chi connectivity index (χ1v) is 10.2. The Balaban J connectivity index is 1.50. The minimum absolute atomic E-state index is 0.195. The van der Waals surface area contributed by atoms with Gasteiger partial charge in [-0.05, 0) is 43.7 Å². The van der Waals surface area contributed by atoms with Crippen molar-refractivity contribution in [2.75, 3.05) is 18.0 Å². The molecule has 0 saturated carbocycles. The van der Waals surface area contributed by atoms with Crippen LogP contribution in [0.3, 0.4) is 0 Å². The summed E-state index contributed by atoms with van der Waals surface area (Å²) in [5.41, 5.74) is 10.8. The van der Waals surface area contributed by atoms with Crippen molar-refractivity contribution in [1.29, 1.82) is 0 Å². The molecule has 2 N–H and O–H groups in total. The van der Waals surface area contributed by atoms with Crippen LogP contribution < -0.4 is 10.6 Å². The molecule has 1 aliphatic heterocycles. The zero-order chi connectivity index (χ0) is 20.4. The molecule has 29 heavy (non-hydrogen) atoms. The molecule has 152 valence electrons. The molecule has 1 aliphatic rings. The van der Waals surface area contributed by atoms with Crippen LogP contribution in [0.4, 0.5) is 5.69 Å². The van der Waals surface area contributed by atoms with Gasteiger partial charge in [0.05, 0.1) is 30.1 Å². The van der Waals surface area contributed by atoms with E-state index in [1.54, 1.807) is 6.20 Å². The summed E-state index contributed by atoms with van der Waals surface area (Å²) in [5, 5.41) is 0. The van der Waals surface area contributed by atoms with E-state index in [-0.39, 0.29) is 18.2 Å². The Morgan fingerprint density at radius 1 is 1.07 bits per heavy atom. The van der Waals surface area contributed by atoms with Crippen molar-refractivity contribution < 1.29 is 4.74 Å². The molecule has 0 spiro atoms. The van der Waals surface area contributed by atoms with Crippen molar-refractivity contribution in [3.05, 3.63) is 66.4 Å². The minimum atomic E-state index is -0.195. The van der Waals surface area contributed by atoms with Gasteiger partial charge >= 0.3 is 0 Å². The van der Waals surface area contributed by atoms with E-state index >= 15 is 0 Å². The average molecular weight is 392 g/mol. The maximum Gasteiger partial charge on any atom is 0.126 e. The molecule has 0 aliphatic carbocycles. The first kappa shape index (κ1) is 19.6. The molecule has 0 amide bonds. The summed E-state index contributed by atoms with van der Waals surface area (Å²) in [4.78, 5) is 11.4. The predicted molar refractivity (Wildman–Crippen MR) is 116 cm³/mol. The van der Waals surface area contributed by atoms with E-state index in [2.05, 4.69) is 57.5 Å². The lowest BCUT2D eigenvalue weighted by Gasteiger charge is -2.36. The van der Waals surface area contributed by atoms with Gasteiger partial charge in [-0.1, -0.05) is 18.2 Å². The zero-order valence-corrected chi connectivity index (χ0v) is 17.3. The lowest BCUT2D eigenvalue weighted by atomic mass is 10.1. The summed E-state index contributed by atoms with van der Waals surface area (Å²) in [7, 11) is 2.02. The second-order valence-corrected chi connectivity index (χ2v) is 7.90. The van der Waals surface area contributed by atoms with Crippen LogP contribution in [0.5, 0.6) is 0 Å². The maximum absolute atomic E-state index is 6.43.